The van der Waals surface area contributed by atoms with Gasteiger partial charge in [0.25, 0.3) is 0 Å². The van der Waals surface area contributed by atoms with Crippen molar-refractivity contribution in [3.8, 4) is 33.4 Å². The van der Waals surface area contributed by atoms with Crippen molar-refractivity contribution < 1.29 is 4.42 Å². The third-order valence-corrected chi connectivity index (χ3v) is 8.87. The van der Waals surface area contributed by atoms with Crippen LogP contribution in [0.1, 0.15) is 0 Å². The molecule has 0 N–H and O–H groups in total. The molecule has 43 heavy (non-hydrogen) atoms. The zero-order valence-electron chi connectivity index (χ0n) is 23.4. The second-order valence-corrected chi connectivity index (χ2v) is 11.3. The van der Waals surface area contributed by atoms with Crippen molar-refractivity contribution in [1.29, 1.82) is 0 Å². The summed E-state index contributed by atoms with van der Waals surface area (Å²) in [5, 5.41) is 9.66. The average molecular weight is 547 g/mol. The van der Waals surface area contributed by atoms with Gasteiger partial charge in [-0.2, -0.15) is 0 Å². The molecule has 0 amide bonds. The molecule has 200 valence electrons. The van der Waals surface area contributed by atoms with E-state index in [1.165, 1.54) is 60.1 Å². The second-order valence-electron chi connectivity index (χ2n) is 11.3. The van der Waals surface area contributed by atoms with Gasteiger partial charge in [-0.15, -0.1) is 0 Å². The Hall–Kier alpha value is -5.66. The summed E-state index contributed by atoms with van der Waals surface area (Å²) >= 11 is 0. The fraction of sp³-hybridized carbons (Fsp3) is 0. The predicted octanol–water partition coefficient (Wildman–Crippen LogP) is 12.0. The van der Waals surface area contributed by atoms with Crippen LogP contribution in [0, 0.1) is 0 Å². The van der Waals surface area contributed by atoms with Crippen LogP contribution in [-0.2, 0) is 0 Å². The molecule has 0 unspecified atom stereocenters. The Labute approximate surface area is 249 Å². The van der Waals surface area contributed by atoms with Crippen molar-refractivity contribution in [3.63, 3.8) is 0 Å². The van der Waals surface area contributed by atoms with Crippen molar-refractivity contribution in [2.45, 2.75) is 0 Å². The molecule has 0 saturated carbocycles. The lowest BCUT2D eigenvalue weighted by molar-refractivity contribution is 0.673. The third kappa shape index (κ3) is 3.72. The van der Waals surface area contributed by atoms with Crippen LogP contribution < -0.4 is 0 Å². The molecular formula is C42H26O. The van der Waals surface area contributed by atoms with Crippen LogP contribution in [-0.4, -0.2) is 0 Å². The molecule has 1 heteroatoms. The molecule has 9 rings (SSSR count). The molecule has 1 aromatic heterocycles. The van der Waals surface area contributed by atoms with Crippen LogP contribution in [0.4, 0.5) is 0 Å². The minimum atomic E-state index is 0.917. The van der Waals surface area contributed by atoms with E-state index in [1.807, 2.05) is 0 Å². The van der Waals surface area contributed by atoms with Gasteiger partial charge in [0.1, 0.15) is 11.2 Å². The van der Waals surface area contributed by atoms with E-state index in [0.717, 1.165) is 27.5 Å². The highest BCUT2D eigenvalue weighted by atomic mass is 16.3. The highest BCUT2D eigenvalue weighted by Crippen LogP contribution is 2.44. The Balaban J connectivity index is 1.29. The molecule has 0 bridgehead atoms. The molecular weight excluding hydrogens is 520 g/mol. The van der Waals surface area contributed by atoms with Crippen LogP contribution in [0.25, 0.3) is 87.6 Å². The van der Waals surface area contributed by atoms with E-state index in [-0.39, 0.29) is 0 Å². The molecule has 0 radical (unpaired) electrons. The number of rotatable bonds is 3. The summed E-state index contributed by atoms with van der Waals surface area (Å²) < 4.78 is 6.72. The topological polar surface area (TPSA) is 13.1 Å². The molecule has 0 aliphatic carbocycles. The van der Waals surface area contributed by atoms with Crippen molar-refractivity contribution >= 4 is 54.3 Å². The summed E-state index contributed by atoms with van der Waals surface area (Å²) in [6.45, 7) is 0. The summed E-state index contributed by atoms with van der Waals surface area (Å²) in [5.41, 5.74) is 9.14. The first-order chi connectivity index (χ1) is 21.3. The highest BCUT2D eigenvalue weighted by molar-refractivity contribution is 6.30. The molecule has 1 heterocycles. The monoisotopic (exact) mass is 546 g/mol. The Morgan fingerprint density at radius 1 is 0.302 bits per heavy atom. The van der Waals surface area contributed by atoms with Crippen molar-refractivity contribution in [2.24, 2.45) is 0 Å². The van der Waals surface area contributed by atoms with Gasteiger partial charge < -0.3 is 4.42 Å². The van der Waals surface area contributed by atoms with E-state index in [2.05, 4.69) is 158 Å². The Morgan fingerprint density at radius 2 is 0.860 bits per heavy atom. The molecule has 0 aliphatic heterocycles. The first-order valence-electron chi connectivity index (χ1n) is 14.8. The first-order valence-corrected chi connectivity index (χ1v) is 14.8. The predicted molar refractivity (Wildman–Crippen MR) is 183 cm³/mol. The molecule has 0 spiro atoms. The Morgan fingerprint density at radius 3 is 1.58 bits per heavy atom. The maximum atomic E-state index is 6.72. The van der Waals surface area contributed by atoms with E-state index < -0.39 is 0 Å². The van der Waals surface area contributed by atoms with Crippen molar-refractivity contribution in [3.05, 3.63) is 158 Å². The zero-order chi connectivity index (χ0) is 28.3. The van der Waals surface area contributed by atoms with Crippen molar-refractivity contribution in [1.82, 2.24) is 0 Å². The summed E-state index contributed by atoms with van der Waals surface area (Å²) in [7, 11) is 0. The zero-order valence-corrected chi connectivity index (χ0v) is 23.4. The molecule has 0 saturated heterocycles. The van der Waals surface area contributed by atoms with Crippen LogP contribution >= 0.6 is 0 Å². The van der Waals surface area contributed by atoms with Crippen LogP contribution in [0.5, 0.6) is 0 Å². The number of benzene rings is 8. The standard InChI is InChI=1S/C42H26O/c1-3-11-27(12-4-1)29-19-22-38-40(26-29)43-42-37-21-20-30(25-39(37)35-17-9-10-18-36(35)41(38)42)32-24-23-31(28-13-5-2-6-14-28)33-15-7-8-16-34(32)33/h1-26H. The molecule has 9 aromatic rings. The minimum absolute atomic E-state index is 0.917. The number of fused-ring (bicyclic) bond motifs is 9. The molecule has 0 atom stereocenters. The Bertz CT molecular complexity index is 2480. The minimum Gasteiger partial charge on any atom is -0.455 e. The third-order valence-electron chi connectivity index (χ3n) is 8.87. The highest BCUT2D eigenvalue weighted by Gasteiger charge is 2.18. The van der Waals surface area contributed by atoms with Gasteiger partial charge in [-0.05, 0) is 84.6 Å². The summed E-state index contributed by atoms with van der Waals surface area (Å²) in [6, 6.07) is 56.6. The van der Waals surface area contributed by atoms with Crippen LogP contribution in [0.3, 0.4) is 0 Å². The second kappa shape index (κ2) is 9.44. The summed E-state index contributed by atoms with van der Waals surface area (Å²) in [6.07, 6.45) is 0. The van der Waals surface area contributed by atoms with Gasteiger partial charge in [0.2, 0.25) is 0 Å². The van der Waals surface area contributed by atoms with E-state index in [1.54, 1.807) is 0 Å². The van der Waals surface area contributed by atoms with Gasteiger partial charge in [-0.3, -0.25) is 0 Å². The van der Waals surface area contributed by atoms with E-state index in [9.17, 15) is 0 Å². The lowest BCUT2D eigenvalue weighted by Gasteiger charge is -2.14. The lowest BCUT2D eigenvalue weighted by Crippen LogP contribution is -1.87. The van der Waals surface area contributed by atoms with E-state index in [4.69, 9.17) is 4.42 Å². The quantitative estimate of drug-likeness (QED) is 0.201. The molecule has 0 fully saturated rings. The van der Waals surface area contributed by atoms with Crippen molar-refractivity contribution in [2.75, 3.05) is 0 Å². The average Bonchev–Trinajstić information content (AvgIpc) is 3.48. The van der Waals surface area contributed by atoms with E-state index >= 15 is 0 Å². The SMILES string of the molecule is c1ccc(-c2ccc3c(c2)oc2c4ccc(-c5ccc(-c6ccccc6)c6ccccc56)cc4c4ccccc4c32)cc1. The maximum Gasteiger partial charge on any atom is 0.143 e. The number of hydrogen-bond donors (Lipinski definition) is 0. The molecule has 8 aromatic carbocycles. The fourth-order valence-electron chi connectivity index (χ4n) is 6.85. The Kier molecular flexibility index (Phi) is 5.27. The van der Waals surface area contributed by atoms with Gasteiger partial charge in [0.15, 0.2) is 0 Å². The number of furan rings is 1. The first kappa shape index (κ1) is 24.0. The van der Waals surface area contributed by atoms with E-state index in [0.29, 0.717) is 0 Å². The maximum absolute atomic E-state index is 6.72. The molecule has 0 aliphatic rings. The van der Waals surface area contributed by atoms with Gasteiger partial charge in [-0.25, -0.2) is 0 Å². The fourth-order valence-corrected chi connectivity index (χ4v) is 6.85. The van der Waals surface area contributed by atoms with Gasteiger partial charge in [-0.1, -0.05) is 133 Å². The smallest absolute Gasteiger partial charge is 0.143 e. The lowest BCUT2D eigenvalue weighted by atomic mass is 9.90. The van der Waals surface area contributed by atoms with Gasteiger partial charge in [0, 0.05) is 16.2 Å². The molecule has 1 nitrogen and oxygen atoms in total. The van der Waals surface area contributed by atoms with Crippen LogP contribution in [0.15, 0.2) is 162 Å². The van der Waals surface area contributed by atoms with Crippen LogP contribution in [0.2, 0.25) is 0 Å². The van der Waals surface area contributed by atoms with Gasteiger partial charge in [0.05, 0.1) is 0 Å². The van der Waals surface area contributed by atoms with Gasteiger partial charge >= 0.3 is 0 Å². The summed E-state index contributed by atoms with van der Waals surface area (Å²) in [4.78, 5) is 0. The summed E-state index contributed by atoms with van der Waals surface area (Å²) in [5.74, 6) is 0. The number of hydrogen-bond acceptors (Lipinski definition) is 1. The largest absolute Gasteiger partial charge is 0.455 e. The normalized spacial score (nSPS) is 11.7.